The average molecular weight is 489 g/mol. The molecular formula is C30H32O6. The highest BCUT2D eigenvalue weighted by Crippen LogP contribution is 2.30. The SMILES string of the molecule is C=CCOCCOc1ccc(-c2ccc(C(=O)Oc3c(CCCC)ccc(C(=O)O)c3C)cc2)cc1. The Hall–Kier alpha value is -3.90. The number of ether oxygens (including phenoxy) is 3. The van der Waals surface area contributed by atoms with Crippen LogP contribution >= 0.6 is 0 Å². The van der Waals surface area contributed by atoms with Gasteiger partial charge in [0.1, 0.15) is 18.1 Å². The molecule has 36 heavy (non-hydrogen) atoms. The second-order valence-electron chi connectivity index (χ2n) is 8.34. The zero-order valence-electron chi connectivity index (χ0n) is 20.8. The van der Waals surface area contributed by atoms with Gasteiger partial charge in [-0.1, -0.05) is 49.8 Å². The molecule has 0 aliphatic heterocycles. The van der Waals surface area contributed by atoms with Crippen LogP contribution < -0.4 is 9.47 Å². The number of hydrogen-bond acceptors (Lipinski definition) is 5. The number of esters is 1. The Kier molecular flexibility index (Phi) is 9.83. The van der Waals surface area contributed by atoms with Gasteiger partial charge in [0.2, 0.25) is 0 Å². The number of carboxylic acid groups (broad SMARTS) is 1. The number of aromatic carboxylic acids is 1. The Morgan fingerprint density at radius 1 is 0.944 bits per heavy atom. The van der Waals surface area contributed by atoms with Crippen LogP contribution in [0, 0.1) is 6.92 Å². The van der Waals surface area contributed by atoms with Crippen molar-refractivity contribution in [3.8, 4) is 22.6 Å². The number of hydrogen-bond donors (Lipinski definition) is 1. The number of rotatable bonds is 13. The van der Waals surface area contributed by atoms with Gasteiger partial charge >= 0.3 is 11.9 Å². The molecule has 188 valence electrons. The maximum absolute atomic E-state index is 12.9. The summed E-state index contributed by atoms with van der Waals surface area (Å²) >= 11 is 0. The van der Waals surface area contributed by atoms with Gasteiger partial charge < -0.3 is 19.3 Å². The van der Waals surface area contributed by atoms with Gasteiger partial charge in [-0.15, -0.1) is 6.58 Å². The zero-order valence-corrected chi connectivity index (χ0v) is 20.8. The van der Waals surface area contributed by atoms with Crippen LogP contribution in [-0.4, -0.2) is 36.9 Å². The van der Waals surface area contributed by atoms with Crippen molar-refractivity contribution in [3.63, 3.8) is 0 Å². The van der Waals surface area contributed by atoms with Gasteiger partial charge in [-0.05, 0) is 66.8 Å². The number of carbonyl (C=O) groups is 2. The summed E-state index contributed by atoms with van der Waals surface area (Å²) < 4.78 is 16.7. The highest BCUT2D eigenvalue weighted by atomic mass is 16.5. The molecule has 0 fully saturated rings. The Balaban J connectivity index is 1.70. The van der Waals surface area contributed by atoms with E-state index in [1.54, 1.807) is 37.3 Å². The van der Waals surface area contributed by atoms with Crippen LogP contribution in [0.15, 0.2) is 73.3 Å². The van der Waals surface area contributed by atoms with E-state index in [1.165, 1.54) is 0 Å². The third-order valence-electron chi connectivity index (χ3n) is 5.75. The number of benzene rings is 3. The molecule has 6 heteroatoms. The summed E-state index contributed by atoms with van der Waals surface area (Å²) in [7, 11) is 0. The highest BCUT2D eigenvalue weighted by Gasteiger charge is 2.19. The van der Waals surface area contributed by atoms with E-state index < -0.39 is 11.9 Å². The molecule has 0 saturated heterocycles. The minimum Gasteiger partial charge on any atom is -0.491 e. The zero-order chi connectivity index (χ0) is 25.9. The number of unbranched alkanes of at least 4 members (excludes halogenated alkanes) is 1. The predicted octanol–water partition coefficient (Wildman–Crippen LogP) is 6.50. The first kappa shape index (κ1) is 26.7. The lowest BCUT2D eigenvalue weighted by Gasteiger charge is -2.15. The summed E-state index contributed by atoms with van der Waals surface area (Å²) in [4.78, 5) is 24.5. The second kappa shape index (κ2) is 13.3. The molecule has 0 aliphatic rings. The summed E-state index contributed by atoms with van der Waals surface area (Å²) in [5.74, 6) is -0.483. The molecule has 0 aliphatic carbocycles. The highest BCUT2D eigenvalue weighted by molar-refractivity contribution is 5.94. The fourth-order valence-corrected chi connectivity index (χ4v) is 3.76. The monoisotopic (exact) mass is 488 g/mol. The lowest BCUT2D eigenvalue weighted by Crippen LogP contribution is -2.13. The van der Waals surface area contributed by atoms with E-state index in [0.717, 1.165) is 35.3 Å². The molecule has 0 bridgehead atoms. The minimum absolute atomic E-state index is 0.130. The molecule has 0 amide bonds. The van der Waals surface area contributed by atoms with Gasteiger partial charge in [0.05, 0.1) is 24.3 Å². The van der Waals surface area contributed by atoms with Crippen molar-refractivity contribution < 1.29 is 28.9 Å². The van der Waals surface area contributed by atoms with Crippen LogP contribution in [0.25, 0.3) is 11.1 Å². The van der Waals surface area contributed by atoms with E-state index >= 15 is 0 Å². The third kappa shape index (κ3) is 7.06. The van der Waals surface area contributed by atoms with Crippen LogP contribution in [0.4, 0.5) is 0 Å². The van der Waals surface area contributed by atoms with E-state index in [-0.39, 0.29) is 5.56 Å². The average Bonchev–Trinajstić information content (AvgIpc) is 2.89. The van der Waals surface area contributed by atoms with Crippen LogP contribution in [0.1, 0.15) is 51.6 Å². The summed E-state index contributed by atoms with van der Waals surface area (Å²) in [5, 5.41) is 9.48. The maximum atomic E-state index is 12.9. The lowest BCUT2D eigenvalue weighted by atomic mass is 9.99. The number of aryl methyl sites for hydroxylation is 1. The first-order chi connectivity index (χ1) is 17.4. The van der Waals surface area contributed by atoms with E-state index in [2.05, 4.69) is 13.5 Å². The molecule has 0 spiro atoms. The molecule has 1 N–H and O–H groups in total. The third-order valence-corrected chi connectivity index (χ3v) is 5.75. The van der Waals surface area contributed by atoms with Gasteiger partial charge in [0.15, 0.2) is 0 Å². The molecule has 3 aromatic carbocycles. The lowest BCUT2D eigenvalue weighted by molar-refractivity contribution is 0.0685. The largest absolute Gasteiger partial charge is 0.491 e. The van der Waals surface area contributed by atoms with E-state index in [0.29, 0.717) is 43.1 Å². The van der Waals surface area contributed by atoms with Crippen molar-refractivity contribution >= 4 is 11.9 Å². The van der Waals surface area contributed by atoms with Crippen molar-refractivity contribution in [1.29, 1.82) is 0 Å². The Labute approximate surface area is 212 Å². The van der Waals surface area contributed by atoms with Crippen molar-refractivity contribution in [2.24, 2.45) is 0 Å². The fraction of sp³-hybridized carbons (Fsp3) is 0.267. The molecule has 3 aromatic rings. The standard InChI is InChI=1S/C30H32O6/c1-4-6-7-24-14-17-27(29(31)32)21(3)28(24)36-30(33)25-10-8-22(9-11-25)23-12-15-26(16-13-23)35-20-19-34-18-5-2/h5,8-17H,2,4,6-7,18-20H2,1,3H3,(H,31,32). The Morgan fingerprint density at radius 2 is 1.61 bits per heavy atom. The molecule has 6 nitrogen and oxygen atoms in total. The van der Waals surface area contributed by atoms with E-state index in [4.69, 9.17) is 14.2 Å². The first-order valence-electron chi connectivity index (χ1n) is 12.0. The predicted molar refractivity (Wildman–Crippen MR) is 140 cm³/mol. The van der Waals surface area contributed by atoms with Crippen LogP contribution in [-0.2, 0) is 11.2 Å². The van der Waals surface area contributed by atoms with Crippen molar-refractivity contribution in [2.45, 2.75) is 33.1 Å². The van der Waals surface area contributed by atoms with Gasteiger partial charge in [-0.3, -0.25) is 0 Å². The molecule has 0 heterocycles. The quantitative estimate of drug-likeness (QED) is 0.128. The second-order valence-corrected chi connectivity index (χ2v) is 8.34. The number of carbonyl (C=O) groups excluding carboxylic acids is 1. The Bertz CT molecular complexity index is 1180. The molecule has 0 saturated carbocycles. The smallest absolute Gasteiger partial charge is 0.343 e. The topological polar surface area (TPSA) is 82.1 Å². The molecule has 0 unspecified atom stereocenters. The van der Waals surface area contributed by atoms with Crippen LogP contribution in [0.3, 0.4) is 0 Å². The fourth-order valence-electron chi connectivity index (χ4n) is 3.76. The normalized spacial score (nSPS) is 10.6. The summed E-state index contributed by atoms with van der Waals surface area (Å²) in [6, 6.07) is 18.1. The summed E-state index contributed by atoms with van der Waals surface area (Å²) in [5.41, 5.74) is 3.73. The van der Waals surface area contributed by atoms with Crippen LogP contribution in [0.2, 0.25) is 0 Å². The summed E-state index contributed by atoms with van der Waals surface area (Å²) in [6.07, 6.45) is 4.30. The molecular weight excluding hydrogens is 456 g/mol. The van der Waals surface area contributed by atoms with Crippen molar-refractivity contribution in [1.82, 2.24) is 0 Å². The molecule has 0 radical (unpaired) electrons. The van der Waals surface area contributed by atoms with Crippen LogP contribution in [0.5, 0.6) is 11.5 Å². The molecule has 3 rings (SSSR count). The van der Waals surface area contributed by atoms with E-state index in [1.807, 2.05) is 36.4 Å². The van der Waals surface area contributed by atoms with Gasteiger partial charge in [0, 0.05) is 5.56 Å². The maximum Gasteiger partial charge on any atom is 0.343 e. The minimum atomic E-state index is -1.05. The van der Waals surface area contributed by atoms with Gasteiger partial charge in [-0.25, -0.2) is 9.59 Å². The first-order valence-corrected chi connectivity index (χ1v) is 12.0. The van der Waals surface area contributed by atoms with Crippen molar-refractivity contribution in [3.05, 3.63) is 95.6 Å². The van der Waals surface area contributed by atoms with Crippen molar-refractivity contribution in [2.75, 3.05) is 19.8 Å². The van der Waals surface area contributed by atoms with Gasteiger partial charge in [0.25, 0.3) is 0 Å². The summed E-state index contributed by atoms with van der Waals surface area (Å²) in [6.45, 7) is 8.80. The number of carboxylic acids is 1. The molecule has 0 aromatic heterocycles. The molecule has 0 atom stereocenters. The Morgan fingerprint density at radius 3 is 2.22 bits per heavy atom. The van der Waals surface area contributed by atoms with E-state index in [9.17, 15) is 14.7 Å². The van der Waals surface area contributed by atoms with Gasteiger partial charge in [-0.2, -0.15) is 0 Å².